The number of aromatic nitrogens is 7. The largest absolute Gasteiger partial charge is 0.471 e. The van der Waals surface area contributed by atoms with E-state index < -0.39 is 12.1 Å². The monoisotopic (exact) mass is 468 g/mol. The molecule has 4 rings (SSSR count). The van der Waals surface area contributed by atoms with Crippen molar-refractivity contribution in [3.8, 4) is 17.3 Å². The molecule has 14 heteroatoms. The summed E-state index contributed by atoms with van der Waals surface area (Å²) < 4.78 is 38.2. The number of hydrogen-bond acceptors (Lipinski definition) is 8. The fourth-order valence-corrected chi connectivity index (χ4v) is 2.86. The summed E-state index contributed by atoms with van der Waals surface area (Å²) in [6.07, 6.45) is -0.697. The van der Waals surface area contributed by atoms with E-state index in [1.165, 1.54) is 23.3 Å². The average molecular weight is 468 g/mol. The molecule has 3 heterocycles. The van der Waals surface area contributed by atoms with E-state index in [9.17, 15) is 18.0 Å². The highest BCUT2D eigenvalue weighted by atomic mass is 19.4. The van der Waals surface area contributed by atoms with Crippen LogP contribution in [0.3, 0.4) is 0 Å². The van der Waals surface area contributed by atoms with Crippen molar-refractivity contribution in [2.45, 2.75) is 19.3 Å². The fraction of sp³-hybridized carbons (Fsp3) is 0.150. The second-order valence-corrected chi connectivity index (χ2v) is 6.98. The van der Waals surface area contributed by atoms with Gasteiger partial charge in [-0.05, 0) is 11.1 Å². The third kappa shape index (κ3) is 5.51. The van der Waals surface area contributed by atoms with Gasteiger partial charge < -0.3 is 10.6 Å². The smallest absolute Gasteiger partial charge is 0.342 e. The lowest BCUT2D eigenvalue weighted by Crippen LogP contribution is -2.36. The van der Waals surface area contributed by atoms with Gasteiger partial charge in [0.1, 0.15) is 17.6 Å². The van der Waals surface area contributed by atoms with E-state index in [0.717, 1.165) is 16.8 Å². The molecule has 11 nitrogen and oxygen atoms in total. The number of halogens is 3. The van der Waals surface area contributed by atoms with E-state index in [-0.39, 0.29) is 17.9 Å². The minimum atomic E-state index is -4.94. The van der Waals surface area contributed by atoms with Gasteiger partial charge in [0.2, 0.25) is 0 Å². The molecular formula is C20H15F3N10O. The number of rotatable bonds is 7. The molecule has 0 radical (unpaired) electrons. The van der Waals surface area contributed by atoms with Crippen molar-refractivity contribution in [3.63, 3.8) is 0 Å². The van der Waals surface area contributed by atoms with Crippen LogP contribution in [0, 0.1) is 11.3 Å². The molecule has 0 saturated heterocycles. The SMILES string of the molecule is N#Cc1cnc(Nc2cc(-c3ccc(Cn4cc(CNC(=O)C(F)(F)F)nn4)cc3)[nH]n2)cn1. The van der Waals surface area contributed by atoms with Crippen LogP contribution in [0.4, 0.5) is 24.8 Å². The first-order valence-corrected chi connectivity index (χ1v) is 9.68. The molecule has 3 N–H and O–H groups in total. The normalized spacial score (nSPS) is 11.1. The molecule has 4 aromatic rings. The number of aromatic amines is 1. The standard InChI is InChI=1S/C20H15F3N10O/c21-20(22,23)19(34)27-8-15-11-33(32-29-15)10-12-1-3-13(4-2-12)16-5-17(31-30-16)28-18-9-25-14(6-24)7-26-18/h1-5,7,9,11H,8,10H2,(H,27,34)(H2,26,28,30,31). The Hall–Kier alpha value is -4.80. The van der Waals surface area contributed by atoms with E-state index in [2.05, 4.69) is 35.8 Å². The van der Waals surface area contributed by atoms with Gasteiger partial charge in [0.25, 0.3) is 0 Å². The maximum Gasteiger partial charge on any atom is 0.471 e. The molecule has 172 valence electrons. The Kier molecular flexibility index (Phi) is 6.17. The molecule has 0 saturated carbocycles. The van der Waals surface area contributed by atoms with Gasteiger partial charge >= 0.3 is 12.1 Å². The van der Waals surface area contributed by atoms with Crippen LogP contribution in [0.15, 0.2) is 48.9 Å². The van der Waals surface area contributed by atoms with Crippen molar-refractivity contribution in [1.82, 2.24) is 40.5 Å². The molecule has 0 atom stereocenters. The van der Waals surface area contributed by atoms with Crippen molar-refractivity contribution in [3.05, 3.63) is 65.9 Å². The highest BCUT2D eigenvalue weighted by Gasteiger charge is 2.38. The number of benzene rings is 1. The zero-order valence-electron chi connectivity index (χ0n) is 17.2. The Morgan fingerprint density at radius 3 is 2.62 bits per heavy atom. The van der Waals surface area contributed by atoms with Gasteiger partial charge in [0, 0.05) is 6.07 Å². The van der Waals surface area contributed by atoms with Gasteiger partial charge in [-0.1, -0.05) is 29.5 Å². The van der Waals surface area contributed by atoms with Gasteiger partial charge in [-0.3, -0.25) is 9.89 Å². The number of carbonyl (C=O) groups excluding carboxylic acids is 1. The highest BCUT2D eigenvalue weighted by molar-refractivity contribution is 5.81. The van der Waals surface area contributed by atoms with Crippen molar-refractivity contribution in [2.24, 2.45) is 0 Å². The first-order chi connectivity index (χ1) is 16.3. The van der Waals surface area contributed by atoms with Gasteiger partial charge in [-0.15, -0.1) is 5.10 Å². The molecule has 0 fully saturated rings. The van der Waals surface area contributed by atoms with Crippen molar-refractivity contribution in [1.29, 1.82) is 5.26 Å². The predicted molar refractivity (Wildman–Crippen MR) is 111 cm³/mol. The first kappa shape index (κ1) is 22.4. The van der Waals surface area contributed by atoms with Crippen LogP contribution in [0.2, 0.25) is 0 Å². The lowest BCUT2D eigenvalue weighted by atomic mass is 10.1. The second-order valence-electron chi connectivity index (χ2n) is 6.98. The predicted octanol–water partition coefficient (Wildman–Crippen LogP) is 2.30. The summed E-state index contributed by atoms with van der Waals surface area (Å²) in [5.74, 6) is -1.07. The minimum Gasteiger partial charge on any atom is -0.342 e. The molecule has 0 aliphatic rings. The summed E-state index contributed by atoms with van der Waals surface area (Å²) in [7, 11) is 0. The maximum absolute atomic E-state index is 12.2. The van der Waals surface area contributed by atoms with Crippen molar-refractivity contribution >= 4 is 17.5 Å². The number of carbonyl (C=O) groups is 1. The lowest BCUT2D eigenvalue weighted by molar-refractivity contribution is -0.173. The number of nitriles is 1. The summed E-state index contributed by atoms with van der Waals surface area (Å²) in [4.78, 5) is 18.9. The lowest BCUT2D eigenvalue weighted by Gasteiger charge is -2.05. The maximum atomic E-state index is 12.2. The van der Waals surface area contributed by atoms with E-state index in [0.29, 0.717) is 18.2 Å². The van der Waals surface area contributed by atoms with Crippen LogP contribution >= 0.6 is 0 Å². The van der Waals surface area contributed by atoms with Crippen LogP contribution < -0.4 is 10.6 Å². The number of nitrogens with zero attached hydrogens (tertiary/aromatic N) is 7. The summed E-state index contributed by atoms with van der Waals surface area (Å²) in [6.45, 7) is -0.0326. The number of hydrogen-bond donors (Lipinski definition) is 3. The Labute approximate surface area is 189 Å². The van der Waals surface area contributed by atoms with Gasteiger partial charge in [0.15, 0.2) is 11.5 Å². The van der Waals surface area contributed by atoms with Gasteiger partial charge in [-0.25, -0.2) is 14.6 Å². The van der Waals surface area contributed by atoms with Crippen LogP contribution in [-0.2, 0) is 17.9 Å². The summed E-state index contributed by atoms with van der Waals surface area (Å²) >= 11 is 0. The van der Waals surface area contributed by atoms with Crippen LogP contribution in [0.25, 0.3) is 11.3 Å². The summed E-state index contributed by atoms with van der Waals surface area (Å²) in [5, 5.41) is 28.2. The third-order valence-corrected chi connectivity index (χ3v) is 4.48. The number of anilines is 2. The number of nitrogens with one attached hydrogen (secondary N) is 3. The van der Waals surface area contributed by atoms with Crippen molar-refractivity contribution < 1.29 is 18.0 Å². The van der Waals surface area contributed by atoms with Crippen LogP contribution in [0.5, 0.6) is 0 Å². The molecular weight excluding hydrogens is 453 g/mol. The third-order valence-electron chi connectivity index (χ3n) is 4.48. The average Bonchev–Trinajstić information content (AvgIpc) is 3.47. The van der Waals surface area contributed by atoms with E-state index in [1.54, 1.807) is 11.4 Å². The Morgan fingerprint density at radius 1 is 1.15 bits per heavy atom. The molecule has 0 aliphatic heterocycles. The molecule has 34 heavy (non-hydrogen) atoms. The van der Waals surface area contributed by atoms with Crippen LogP contribution in [0.1, 0.15) is 17.0 Å². The van der Waals surface area contributed by atoms with E-state index in [4.69, 9.17) is 5.26 Å². The molecule has 0 spiro atoms. The highest BCUT2D eigenvalue weighted by Crippen LogP contribution is 2.22. The van der Waals surface area contributed by atoms with Gasteiger partial charge in [-0.2, -0.15) is 23.5 Å². The van der Waals surface area contributed by atoms with Crippen molar-refractivity contribution in [2.75, 3.05) is 5.32 Å². The number of H-pyrrole nitrogens is 1. The molecule has 0 aliphatic carbocycles. The summed E-state index contributed by atoms with van der Waals surface area (Å²) in [6, 6.07) is 11.1. The van der Waals surface area contributed by atoms with Crippen LogP contribution in [-0.4, -0.2) is 47.2 Å². The molecule has 0 unspecified atom stereocenters. The number of alkyl halides is 3. The minimum absolute atomic E-state index is 0.207. The molecule has 1 amide bonds. The van der Waals surface area contributed by atoms with E-state index in [1.807, 2.05) is 30.3 Å². The quantitative estimate of drug-likeness (QED) is 0.374. The van der Waals surface area contributed by atoms with Gasteiger partial charge in [0.05, 0.1) is 37.4 Å². The fourth-order valence-electron chi connectivity index (χ4n) is 2.86. The number of amides is 1. The molecule has 1 aromatic carbocycles. The summed E-state index contributed by atoms with van der Waals surface area (Å²) in [5.41, 5.74) is 2.91. The second kappa shape index (κ2) is 9.36. The Morgan fingerprint density at radius 2 is 1.94 bits per heavy atom. The topological polar surface area (TPSA) is 150 Å². The first-order valence-electron chi connectivity index (χ1n) is 9.68. The zero-order chi connectivity index (χ0) is 24.1. The molecule has 0 bridgehead atoms. The van der Waals surface area contributed by atoms with E-state index >= 15 is 0 Å². The molecule has 3 aromatic heterocycles. The zero-order valence-corrected chi connectivity index (χ0v) is 17.2. The Balaban J connectivity index is 1.34. The Bertz CT molecular complexity index is 1320.